The molecule has 10 heterocycles. The quantitative estimate of drug-likeness (QED) is 0.147. The Labute approximate surface area is 487 Å². The largest absolute Gasteiger partial charge is 0.305 e. The minimum absolute atomic E-state index is 0.433. The lowest BCUT2D eigenvalue weighted by molar-refractivity contribution is 1.01. The third-order valence-corrected chi connectivity index (χ3v) is 17.5. The molecule has 12 nitrogen and oxygen atoms in total. The Morgan fingerprint density at radius 1 is 0.259 bits per heavy atom. The van der Waals surface area contributed by atoms with Crippen LogP contribution in [0.25, 0.3) is 165 Å². The molecule has 0 aliphatic heterocycles. The summed E-state index contributed by atoms with van der Waals surface area (Å²) in [4.78, 5) is 43.8. The molecule has 396 valence electrons. The number of fused-ring (bicyclic) bond motifs is 13. The van der Waals surface area contributed by atoms with Crippen LogP contribution in [0.5, 0.6) is 0 Å². The molecule has 10 aromatic heterocycles. The zero-order chi connectivity index (χ0) is 55.7. The van der Waals surface area contributed by atoms with Crippen molar-refractivity contribution < 1.29 is 0 Å². The molecule has 0 N–H and O–H groups in total. The van der Waals surface area contributed by atoms with E-state index < -0.39 is 0 Å². The van der Waals surface area contributed by atoms with Crippen molar-refractivity contribution >= 4 is 109 Å². The number of benzene rings is 8. The maximum absolute atomic E-state index is 5.82. The number of thiazole rings is 1. The molecule has 0 atom stereocenters. The van der Waals surface area contributed by atoms with E-state index in [1.54, 1.807) is 11.3 Å². The first-order chi connectivity index (χ1) is 42.2. The molecule has 18 rings (SSSR count). The van der Waals surface area contributed by atoms with E-state index in [2.05, 4.69) is 188 Å². The van der Waals surface area contributed by atoms with E-state index in [-0.39, 0.29) is 0 Å². The lowest BCUT2D eigenvalue weighted by Gasteiger charge is -2.30. The number of pyridine rings is 4. The summed E-state index contributed by atoms with van der Waals surface area (Å²) in [6, 6.07) is 80.0. The molecule has 0 amide bonds. The van der Waals surface area contributed by atoms with Crippen LogP contribution in [-0.2, 0) is 0 Å². The molecule has 0 saturated heterocycles. The number of hydrogen-bond acceptors (Lipinski definition) is 9. The maximum Gasteiger partial charge on any atom is 0.167 e. The van der Waals surface area contributed by atoms with Crippen LogP contribution in [-0.4, -0.2) is 58.1 Å². The van der Waals surface area contributed by atoms with Gasteiger partial charge in [-0.25, -0.2) is 19.9 Å². The van der Waals surface area contributed by atoms with E-state index in [1.165, 1.54) is 0 Å². The maximum atomic E-state index is 5.82. The van der Waals surface area contributed by atoms with Gasteiger partial charge < -0.3 is 18.3 Å². The van der Waals surface area contributed by atoms with Gasteiger partial charge >= 0.3 is 0 Å². The van der Waals surface area contributed by atoms with Gasteiger partial charge in [0.15, 0.2) is 17.5 Å². The molecule has 0 bridgehead atoms. The highest BCUT2D eigenvalue weighted by Gasteiger charge is 2.38. The summed E-state index contributed by atoms with van der Waals surface area (Å²) in [5.74, 6) is 1.46. The van der Waals surface area contributed by atoms with Crippen LogP contribution in [0.15, 0.2) is 255 Å². The average molecular weight is 1110 g/mol. The zero-order valence-corrected chi connectivity index (χ0v) is 45.8. The van der Waals surface area contributed by atoms with Crippen LogP contribution in [0.3, 0.4) is 0 Å². The van der Waals surface area contributed by atoms with Gasteiger partial charge in [-0.3, -0.25) is 19.9 Å². The Balaban J connectivity index is 1.22. The standard InChI is InChI=1S/C72H42N12S/c1-3-21-43(22-4-1)69-78-70(44-23-5-2-6-24-44)80-71(79-69)59-60(72-77-49-29-11-16-38-58(49)85-72)66(82-51-31-13-8-26-46(51)62-55(82)35-18-40-74-62)68(84-53-33-15-10-28-48(53)64-57(84)37-20-42-76-64)67(83-52-32-14-9-27-47(52)63-56(83)36-19-41-75-63)65(59)81-50-30-12-7-25-45(50)61-54(81)34-17-39-73-61/h1-42H. The van der Waals surface area contributed by atoms with E-state index in [0.29, 0.717) is 23.0 Å². The highest BCUT2D eigenvalue weighted by atomic mass is 32.1. The van der Waals surface area contributed by atoms with Crippen molar-refractivity contribution in [3.63, 3.8) is 0 Å². The molecule has 8 aromatic carbocycles. The van der Waals surface area contributed by atoms with Crippen LogP contribution in [0.2, 0.25) is 0 Å². The van der Waals surface area contributed by atoms with E-state index in [1.807, 2.05) is 85.5 Å². The molecule has 0 saturated carbocycles. The van der Waals surface area contributed by atoms with E-state index in [4.69, 9.17) is 39.9 Å². The van der Waals surface area contributed by atoms with Gasteiger partial charge in [-0.1, -0.05) is 146 Å². The van der Waals surface area contributed by atoms with E-state index in [0.717, 1.165) is 142 Å². The average Bonchev–Trinajstić information content (AvgIpc) is 1.70. The number of hydrogen-bond donors (Lipinski definition) is 0. The Hall–Kier alpha value is -11.5. The van der Waals surface area contributed by atoms with Crippen LogP contribution < -0.4 is 0 Å². The highest BCUT2D eigenvalue weighted by Crippen LogP contribution is 2.55. The summed E-state index contributed by atoms with van der Waals surface area (Å²) >= 11 is 1.65. The second-order valence-corrected chi connectivity index (χ2v) is 22.1. The van der Waals surface area contributed by atoms with E-state index in [9.17, 15) is 0 Å². The fraction of sp³-hybridized carbons (Fsp3) is 0. The Bertz CT molecular complexity index is 5450. The monoisotopic (exact) mass is 1110 g/mol. The second kappa shape index (κ2) is 18.5. The Morgan fingerprint density at radius 2 is 0.588 bits per heavy atom. The van der Waals surface area contributed by atoms with Gasteiger partial charge in [0, 0.05) is 57.5 Å². The van der Waals surface area contributed by atoms with Gasteiger partial charge in [-0.15, -0.1) is 11.3 Å². The second-order valence-electron chi connectivity index (χ2n) is 21.1. The lowest BCUT2D eigenvalue weighted by atomic mass is 9.96. The number of para-hydroxylation sites is 5. The van der Waals surface area contributed by atoms with Crippen molar-refractivity contribution in [2.75, 3.05) is 0 Å². The van der Waals surface area contributed by atoms with Crippen molar-refractivity contribution in [3.8, 4) is 67.5 Å². The molecule has 0 unspecified atom stereocenters. The predicted octanol–water partition coefficient (Wildman–Crippen LogP) is 17.1. The first kappa shape index (κ1) is 47.1. The van der Waals surface area contributed by atoms with Gasteiger partial charge in [-0.2, -0.15) is 0 Å². The minimum atomic E-state index is 0.433. The molecule has 13 heteroatoms. The van der Waals surface area contributed by atoms with Gasteiger partial charge in [0.05, 0.1) is 110 Å². The Morgan fingerprint density at radius 3 is 1.00 bits per heavy atom. The van der Waals surface area contributed by atoms with Crippen LogP contribution in [0.1, 0.15) is 0 Å². The third-order valence-electron chi connectivity index (χ3n) is 16.4. The Kier molecular flexibility index (Phi) is 10.3. The molecule has 0 aliphatic rings. The number of aromatic nitrogens is 12. The molecule has 0 radical (unpaired) electrons. The zero-order valence-electron chi connectivity index (χ0n) is 45.0. The third kappa shape index (κ3) is 6.95. The smallest absolute Gasteiger partial charge is 0.167 e. The lowest BCUT2D eigenvalue weighted by Crippen LogP contribution is -2.17. The fourth-order valence-electron chi connectivity index (χ4n) is 13.0. The first-order valence-corrected chi connectivity index (χ1v) is 28.9. The van der Waals surface area contributed by atoms with Crippen molar-refractivity contribution in [2.45, 2.75) is 0 Å². The van der Waals surface area contributed by atoms with Gasteiger partial charge in [-0.05, 0) is 84.9 Å². The van der Waals surface area contributed by atoms with Crippen molar-refractivity contribution in [1.82, 2.24) is 58.1 Å². The van der Waals surface area contributed by atoms with E-state index >= 15 is 0 Å². The minimum Gasteiger partial charge on any atom is -0.305 e. The first-order valence-electron chi connectivity index (χ1n) is 28.1. The molecular weight excluding hydrogens is 1060 g/mol. The van der Waals surface area contributed by atoms with Crippen molar-refractivity contribution in [3.05, 3.63) is 255 Å². The summed E-state index contributed by atoms with van der Waals surface area (Å²) in [5.41, 5.74) is 18.0. The predicted molar refractivity (Wildman–Crippen MR) is 343 cm³/mol. The summed E-state index contributed by atoms with van der Waals surface area (Å²) in [6.45, 7) is 0. The molecule has 0 aliphatic carbocycles. The van der Waals surface area contributed by atoms with Crippen molar-refractivity contribution in [2.24, 2.45) is 0 Å². The number of rotatable bonds is 8. The molecule has 18 aromatic rings. The summed E-state index contributed by atoms with van der Waals surface area (Å²) in [5, 5.41) is 4.70. The number of nitrogens with zero attached hydrogens (tertiary/aromatic N) is 12. The van der Waals surface area contributed by atoms with Crippen LogP contribution in [0.4, 0.5) is 0 Å². The summed E-state index contributed by atoms with van der Waals surface area (Å²) in [7, 11) is 0. The van der Waals surface area contributed by atoms with Crippen LogP contribution >= 0.6 is 11.3 Å². The topological polar surface area (TPSA) is 123 Å². The van der Waals surface area contributed by atoms with Crippen LogP contribution in [0, 0.1) is 0 Å². The van der Waals surface area contributed by atoms with Gasteiger partial charge in [0.25, 0.3) is 0 Å². The summed E-state index contributed by atoms with van der Waals surface area (Å²) in [6.07, 6.45) is 7.54. The molecular formula is C72H42N12S. The summed E-state index contributed by atoms with van der Waals surface area (Å²) < 4.78 is 10.7. The molecule has 0 fully saturated rings. The fourth-order valence-corrected chi connectivity index (χ4v) is 14.0. The highest BCUT2D eigenvalue weighted by molar-refractivity contribution is 7.21. The molecule has 0 spiro atoms. The SMILES string of the molecule is c1ccc(-c2nc(-c3ccccc3)nc(-c3c(-c4nc5ccccc5s4)c(-n4c5ccccc5c5ncccc54)c(-n4c5ccccc5c5ncccc54)c(-n4c5ccccc5c5ncccc54)c3-n3c4ccccc4c4ncccc43)n2)cc1. The van der Waals surface area contributed by atoms with Gasteiger partial charge in [0.1, 0.15) is 5.01 Å². The van der Waals surface area contributed by atoms with Gasteiger partial charge in [0.2, 0.25) is 0 Å². The van der Waals surface area contributed by atoms with Crippen molar-refractivity contribution in [1.29, 1.82) is 0 Å². The normalized spacial score (nSPS) is 12.0. The molecule has 85 heavy (non-hydrogen) atoms.